The molecule has 0 aliphatic heterocycles. The molecule has 0 amide bonds. The lowest BCUT2D eigenvalue weighted by molar-refractivity contribution is 0.0910. The van der Waals surface area contributed by atoms with Crippen molar-refractivity contribution in [3.8, 4) is 0 Å². The van der Waals surface area contributed by atoms with Gasteiger partial charge in [0.15, 0.2) is 0 Å². The Labute approximate surface area is 132 Å². The highest BCUT2D eigenvalue weighted by Crippen LogP contribution is 2.29. The largest absolute Gasteiger partial charge is 0.695 e. The van der Waals surface area contributed by atoms with Gasteiger partial charge in [0, 0.05) is 4.57 Å². The monoisotopic (exact) mass is 319 g/mol. The van der Waals surface area contributed by atoms with Crippen molar-refractivity contribution in [2.24, 2.45) is 0 Å². The van der Waals surface area contributed by atoms with Gasteiger partial charge in [-0.2, -0.15) is 0 Å². The molecule has 0 rings (SSSR count). The zero-order chi connectivity index (χ0) is 16.0. The molecule has 1 atom stereocenters. The van der Waals surface area contributed by atoms with Crippen LogP contribution in [-0.4, -0.2) is 10.5 Å². The molecule has 0 fully saturated rings. The molecule has 0 aromatic heterocycles. The van der Waals surface area contributed by atoms with Crippen molar-refractivity contribution in [1.29, 1.82) is 0 Å². The van der Waals surface area contributed by atoms with Gasteiger partial charge in [-0.15, -0.1) is 9.42 Å². The summed E-state index contributed by atoms with van der Waals surface area (Å²) >= 11 is 0. The van der Waals surface area contributed by atoms with Crippen LogP contribution in [0, 0.1) is 0 Å². The summed E-state index contributed by atoms with van der Waals surface area (Å²) in [4.78, 5) is 8.77. The molecule has 0 spiro atoms. The lowest BCUT2D eigenvalue weighted by Crippen LogP contribution is -2.20. The Morgan fingerprint density at radius 2 is 1.19 bits per heavy atom. The number of unbranched alkanes of at least 4 members (excludes halogenated alkanes) is 11. The molecule has 0 heterocycles. The van der Waals surface area contributed by atoms with E-state index >= 15 is 0 Å². The van der Waals surface area contributed by atoms with E-state index in [0.717, 1.165) is 12.8 Å². The summed E-state index contributed by atoms with van der Waals surface area (Å²) in [6.07, 6.45) is 16.8. The topological polar surface area (TPSA) is 46.5 Å². The fourth-order valence-electron chi connectivity index (χ4n) is 2.65. The minimum Gasteiger partial charge on any atom is -0.133 e. The van der Waals surface area contributed by atoms with E-state index in [1.807, 2.05) is 13.8 Å². The van der Waals surface area contributed by atoms with Crippen LogP contribution < -0.4 is 0 Å². The predicted molar refractivity (Wildman–Crippen MR) is 90.7 cm³/mol. The van der Waals surface area contributed by atoms with Crippen LogP contribution in [0.25, 0.3) is 0 Å². The molecule has 0 aliphatic carbocycles. The molecule has 1 unspecified atom stereocenters. The lowest BCUT2D eigenvalue weighted by Gasteiger charge is -2.16. The van der Waals surface area contributed by atoms with E-state index < -0.39 is 13.9 Å². The number of hydrogen-bond acceptors (Lipinski definition) is 2. The minimum atomic E-state index is -2.48. The predicted octanol–water partition coefficient (Wildman–Crippen LogP) is 6.52. The van der Waals surface area contributed by atoms with Gasteiger partial charge in [0.05, 0.1) is 0 Å². The Balaban J connectivity index is 3.24. The van der Waals surface area contributed by atoms with Crippen LogP contribution in [-0.2, 0) is 9.09 Å². The van der Waals surface area contributed by atoms with Gasteiger partial charge in [0.25, 0.3) is 0 Å². The second kappa shape index (κ2) is 13.7. The number of hydrogen-bond donors (Lipinski definition) is 1. The first-order valence-electron chi connectivity index (χ1n) is 8.83. The van der Waals surface area contributed by atoms with Crippen molar-refractivity contribution >= 4 is 8.25 Å². The van der Waals surface area contributed by atoms with Gasteiger partial charge in [-0.05, 0) is 20.3 Å². The molecular weight excluding hydrogens is 283 g/mol. The van der Waals surface area contributed by atoms with Crippen molar-refractivity contribution in [2.45, 2.75) is 110 Å². The van der Waals surface area contributed by atoms with E-state index in [0.29, 0.717) is 0 Å². The van der Waals surface area contributed by atoms with Gasteiger partial charge < -0.3 is 0 Å². The first kappa shape index (κ1) is 21.0. The fourth-order valence-corrected chi connectivity index (χ4v) is 3.16. The first-order chi connectivity index (χ1) is 9.98. The summed E-state index contributed by atoms with van der Waals surface area (Å²) in [6.45, 7) is 6.03. The fraction of sp³-hybridized carbons (Fsp3) is 1.00. The zero-order valence-electron chi connectivity index (χ0n) is 14.4. The van der Waals surface area contributed by atoms with Gasteiger partial charge >= 0.3 is 8.25 Å². The first-order valence-corrected chi connectivity index (χ1v) is 9.96. The molecule has 21 heavy (non-hydrogen) atoms. The summed E-state index contributed by atoms with van der Waals surface area (Å²) in [5.41, 5.74) is -0.472. The minimum absolute atomic E-state index is 0.472. The molecule has 126 valence electrons. The van der Waals surface area contributed by atoms with E-state index in [2.05, 4.69) is 6.92 Å². The van der Waals surface area contributed by atoms with E-state index in [-0.39, 0.29) is 0 Å². The van der Waals surface area contributed by atoms with Crippen LogP contribution in [0.4, 0.5) is 0 Å². The molecule has 4 heteroatoms. The highest BCUT2D eigenvalue weighted by Gasteiger charge is 2.29. The van der Waals surface area contributed by atoms with Gasteiger partial charge in [0.1, 0.15) is 5.60 Å². The van der Waals surface area contributed by atoms with Gasteiger partial charge in [0.2, 0.25) is 0 Å². The van der Waals surface area contributed by atoms with Crippen LogP contribution in [0.1, 0.15) is 104 Å². The lowest BCUT2D eigenvalue weighted by atomic mass is 9.99. The molecule has 0 saturated heterocycles. The third-order valence-corrected chi connectivity index (χ3v) is 4.61. The Bertz CT molecular complexity index is 254. The third-order valence-electron chi connectivity index (χ3n) is 3.96. The summed E-state index contributed by atoms with van der Waals surface area (Å²) < 4.78 is 15.7. The maximum atomic E-state index is 10.7. The highest BCUT2D eigenvalue weighted by atomic mass is 31.1. The zero-order valence-corrected chi connectivity index (χ0v) is 15.3. The Morgan fingerprint density at radius 1 is 0.810 bits per heavy atom. The molecule has 0 aromatic carbocycles. The molecule has 0 bridgehead atoms. The summed E-state index contributed by atoms with van der Waals surface area (Å²) in [6, 6.07) is 0. The van der Waals surface area contributed by atoms with Crippen molar-refractivity contribution < 1.29 is 14.0 Å². The van der Waals surface area contributed by atoms with Crippen LogP contribution in [0.2, 0.25) is 0 Å². The van der Waals surface area contributed by atoms with E-state index in [1.165, 1.54) is 70.6 Å². The van der Waals surface area contributed by atoms with Crippen molar-refractivity contribution in [3.05, 3.63) is 0 Å². The van der Waals surface area contributed by atoms with E-state index in [9.17, 15) is 4.57 Å². The smallest absolute Gasteiger partial charge is 0.133 e. The van der Waals surface area contributed by atoms with Crippen molar-refractivity contribution in [3.63, 3.8) is 0 Å². The Kier molecular flexibility index (Phi) is 13.7. The van der Waals surface area contributed by atoms with Crippen molar-refractivity contribution in [1.82, 2.24) is 0 Å². The Morgan fingerprint density at radius 3 is 1.57 bits per heavy atom. The second-order valence-corrected chi connectivity index (χ2v) is 7.39. The van der Waals surface area contributed by atoms with Crippen LogP contribution >= 0.6 is 8.25 Å². The van der Waals surface area contributed by atoms with Crippen LogP contribution in [0.5, 0.6) is 0 Å². The van der Waals surface area contributed by atoms with E-state index in [1.54, 1.807) is 0 Å². The van der Waals surface area contributed by atoms with Crippen LogP contribution in [0.15, 0.2) is 0 Å². The standard InChI is InChI=1S/C17H35O3P/c1-4-5-6-7-8-9-10-11-12-13-14-15-16-17(2,3)20-21(18)19/h4-16H2,1-3H3/p+1. The average molecular weight is 319 g/mol. The molecular formula is C17H36O3P+. The molecule has 0 saturated carbocycles. The molecule has 0 aliphatic rings. The second-order valence-electron chi connectivity index (χ2n) is 6.73. The maximum Gasteiger partial charge on any atom is 0.695 e. The third kappa shape index (κ3) is 16.2. The van der Waals surface area contributed by atoms with Crippen LogP contribution in [0.3, 0.4) is 0 Å². The average Bonchev–Trinajstić information content (AvgIpc) is 2.38. The summed E-state index contributed by atoms with van der Waals surface area (Å²) in [7, 11) is -2.48. The highest BCUT2D eigenvalue weighted by molar-refractivity contribution is 7.32. The van der Waals surface area contributed by atoms with E-state index in [4.69, 9.17) is 9.42 Å². The SMILES string of the molecule is CCCCCCCCCCCCCCC(C)(C)O[P+](=O)O. The van der Waals surface area contributed by atoms with Crippen molar-refractivity contribution in [2.75, 3.05) is 0 Å². The molecule has 3 nitrogen and oxygen atoms in total. The molecule has 0 radical (unpaired) electrons. The summed E-state index contributed by atoms with van der Waals surface area (Å²) in [5, 5.41) is 0. The summed E-state index contributed by atoms with van der Waals surface area (Å²) in [5.74, 6) is 0. The quantitative estimate of drug-likeness (QED) is 0.276. The Hall–Kier alpha value is 0.0200. The van der Waals surface area contributed by atoms with Gasteiger partial charge in [-0.1, -0.05) is 84.0 Å². The normalized spacial score (nSPS) is 12.7. The maximum absolute atomic E-state index is 10.7. The van der Waals surface area contributed by atoms with Gasteiger partial charge in [-0.25, -0.2) is 0 Å². The molecule has 1 N–H and O–H groups in total. The molecule has 0 aromatic rings. The number of rotatable bonds is 15. The van der Waals surface area contributed by atoms with Gasteiger partial charge in [-0.3, -0.25) is 0 Å².